The van der Waals surface area contributed by atoms with Crippen molar-refractivity contribution in [3.05, 3.63) is 18.0 Å². The lowest BCUT2D eigenvalue weighted by Gasteiger charge is -2.57. The van der Waals surface area contributed by atoms with E-state index in [0.717, 1.165) is 30.0 Å². The van der Waals surface area contributed by atoms with E-state index in [-0.39, 0.29) is 11.6 Å². The van der Waals surface area contributed by atoms with Crippen LogP contribution in [0.5, 0.6) is 0 Å². The Morgan fingerprint density at radius 3 is 2.48 bits per heavy atom. The zero-order valence-electron chi connectivity index (χ0n) is 14.3. The molecule has 23 heavy (non-hydrogen) atoms. The van der Waals surface area contributed by atoms with Crippen LogP contribution in [0.15, 0.2) is 12.3 Å². The second kappa shape index (κ2) is 5.53. The monoisotopic (exact) mass is 316 g/mol. The molecule has 5 nitrogen and oxygen atoms in total. The summed E-state index contributed by atoms with van der Waals surface area (Å²) < 4.78 is 1.95. The minimum Gasteiger partial charge on any atom is -0.333 e. The van der Waals surface area contributed by atoms with Crippen LogP contribution in [0.3, 0.4) is 0 Å². The van der Waals surface area contributed by atoms with Gasteiger partial charge in [-0.05, 0) is 69.3 Å². The number of rotatable bonds is 4. The second-order valence-electron chi connectivity index (χ2n) is 8.12. The fourth-order valence-corrected chi connectivity index (χ4v) is 5.68. The normalized spacial score (nSPS) is 34.6. The molecule has 4 saturated carbocycles. The molecule has 1 N–H and O–H groups in total. The van der Waals surface area contributed by atoms with Crippen molar-refractivity contribution >= 4 is 6.03 Å². The molecule has 4 aliphatic rings. The molecule has 0 aromatic carbocycles. The Bertz CT molecular complexity index is 558. The van der Waals surface area contributed by atoms with Crippen LogP contribution in [-0.2, 0) is 13.1 Å². The number of hydrogen-bond donors (Lipinski definition) is 1. The summed E-state index contributed by atoms with van der Waals surface area (Å²) in [5, 5.41) is 7.72. The topological polar surface area (TPSA) is 50.2 Å². The van der Waals surface area contributed by atoms with E-state index < -0.39 is 0 Å². The van der Waals surface area contributed by atoms with E-state index in [1.54, 1.807) is 0 Å². The van der Waals surface area contributed by atoms with Crippen molar-refractivity contribution in [2.45, 2.75) is 64.1 Å². The minimum absolute atomic E-state index is 0.0794. The Labute approximate surface area is 138 Å². The van der Waals surface area contributed by atoms with Crippen LogP contribution < -0.4 is 5.32 Å². The van der Waals surface area contributed by atoms with Crippen LogP contribution in [0.25, 0.3) is 0 Å². The van der Waals surface area contributed by atoms with Gasteiger partial charge in [-0.25, -0.2) is 4.79 Å². The maximum atomic E-state index is 12.7. The number of carbonyl (C=O) groups excluding carboxylic acids is 1. The van der Waals surface area contributed by atoms with Crippen molar-refractivity contribution in [2.24, 2.45) is 17.8 Å². The fraction of sp³-hybridized carbons (Fsp3) is 0.778. The Morgan fingerprint density at radius 2 is 1.91 bits per heavy atom. The van der Waals surface area contributed by atoms with Gasteiger partial charge in [0.1, 0.15) is 0 Å². The molecular weight excluding hydrogens is 288 g/mol. The minimum atomic E-state index is 0.0794. The summed E-state index contributed by atoms with van der Waals surface area (Å²) >= 11 is 0. The highest BCUT2D eigenvalue weighted by molar-refractivity contribution is 5.74. The molecule has 0 aliphatic heterocycles. The first kappa shape index (κ1) is 15.0. The summed E-state index contributed by atoms with van der Waals surface area (Å²) in [6.07, 6.45) is 9.62. The zero-order chi connectivity index (χ0) is 16.0. The molecule has 1 heterocycles. The van der Waals surface area contributed by atoms with Crippen LogP contribution in [-0.4, -0.2) is 33.3 Å². The van der Waals surface area contributed by atoms with Gasteiger partial charge in [0.25, 0.3) is 0 Å². The van der Waals surface area contributed by atoms with E-state index >= 15 is 0 Å². The van der Waals surface area contributed by atoms with Gasteiger partial charge in [0.05, 0.1) is 12.2 Å². The molecule has 0 spiro atoms. The molecule has 4 fully saturated rings. The number of urea groups is 1. The Morgan fingerprint density at radius 1 is 1.30 bits per heavy atom. The molecule has 4 bridgehead atoms. The third kappa shape index (κ3) is 2.74. The molecule has 2 amide bonds. The lowest BCUT2D eigenvalue weighted by molar-refractivity contribution is -0.0154. The highest BCUT2D eigenvalue weighted by Gasteiger charge is 2.51. The molecule has 0 unspecified atom stereocenters. The standard InChI is InChI=1S/C18H28N4O/c1-3-22-16(4-5-19-22)12-21(2)17(23)20-18-9-13-6-14(10-18)8-15(7-13)11-18/h4-5,13-15H,3,6-12H2,1-2H3,(H,20,23). The van der Waals surface area contributed by atoms with Crippen LogP contribution in [0.2, 0.25) is 0 Å². The van der Waals surface area contributed by atoms with Gasteiger partial charge in [0.2, 0.25) is 0 Å². The fourth-order valence-electron chi connectivity index (χ4n) is 5.68. The summed E-state index contributed by atoms with van der Waals surface area (Å²) in [5.74, 6) is 2.56. The molecule has 0 atom stereocenters. The Balaban J connectivity index is 1.41. The average Bonchev–Trinajstić information content (AvgIpc) is 2.92. The van der Waals surface area contributed by atoms with Gasteiger partial charge in [-0.1, -0.05) is 0 Å². The van der Waals surface area contributed by atoms with Crippen molar-refractivity contribution in [3.63, 3.8) is 0 Å². The van der Waals surface area contributed by atoms with Crippen molar-refractivity contribution in [1.82, 2.24) is 20.0 Å². The molecule has 4 aliphatic carbocycles. The van der Waals surface area contributed by atoms with E-state index in [9.17, 15) is 4.79 Å². The summed E-state index contributed by atoms with van der Waals surface area (Å²) in [4.78, 5) is 14.5. The molecule has 1 aromatic rings. The summed E-state index contributed by atoms with van der Waals surface area (Å²) in [6, 6.07) is 2.08. The van der Waals surface area contributed by atoms with E-state index in [2.05, 4.69) is 17.3 Å². The van der Waals surface area contributed by atoms with Crippen LogP contribution >= 0.6 is 0 Å². The van der Waals surface area contributed by atoms with Gasteiger partial charge in [-0.3, -0.25) is 4.68 Å². The third-order valence-corrected chi connectivity index (χ3v) is 6.26. The number of nitrogens with zero attached hydrogens (tertiary/aromatic N) is 3. The Hall–Kier alpha value is -1.52. The predicted octanol–water partition coefficient (Wildman–Crippen LogP) is 3.01. The van der Waals surface area contributed by atoms with E-state index in [0.29, 0.717) is 6.54 Å². The summed E-state index contributed by atoms with van der Waals surface area (Å²) in [6.45, 7) is 3.53. The maximum absolute atomic E-state index is 12.7. The summed E-state index contributed by atoms with van der Waals surface area (Å²) in [7, 11) is 1.89. The van der Waals surface area contributed by atoms with Gasteiger partial charge in [0.15, 0.2) is 0 Å². The first-order valence-electron chi connectivity index (χ1n) is 9.11. The molecule has 0 saturated heterocycles. The first-order valence-corrected chi connectivity index (χ1v) is 9.11. The Kier molecular flexibility index (Phi) is 3.62. The average molecular weight is 316 g/mol. The van der Waals surface area contributed by atoms with Gasteiger partial charge in [-0.15, -0.1) is 0 Å². The second-order valence-corrected chi connectivity index (χ2v) is 8.12. The predicted molar refractivity (Wildman–Crippen MR) is 88.8 cm³/mol. The number of aryl methyl sites for hydroxylation is 1. The smallest absolute Gasteiger partial charge is 0.317 e. The van der Waals surface area contributed by atoms with Crippen molar-refractivity contribution in [2.75, 3.05) is 7.05 Å². The van der Waals surface area contributed by atoms with Crippen molar-refractivity contribution in [1.29, 1.82) is 0 Å². The van der Waals surface area contributed by atoms with E-state index in [4.69, 9.17) is 0 Å². The SMILES string of the molecule is CCn1nccc1CN(C)C(=O)NC12CC3CC(CC(C3)C1)C2. The lowest BCUT2D eigenvalue weighted by Crippen LogP contribution is -2.61. The number of nitrogens with one attached hydrogen (secondary N) is 1. The molecule has 5 rings (SSSR count). The van der Waals surface area contributed by atoms with E-state index in [1.807, 2.05) is 28.9 Å². The quantitative estimate of drug-likeness (QED) is 0.928. The number of carbonyl (C=O) groups is 1. The van der Waals surface area contributed by atoms with Crippen LogP contribution in [0.4, 0.5) is 4.79 Å². The first-order chi connectivity index (χ1) is 11.1. The molecule has 1 aromatic heterocycles. The number of aromatic nitrogens is 2. The number of amides is 2. The molecular formula is C18H28N4O. The third-order valence-electron chi connectivity index (χ3n) is 6.26. The van der Waals surface area contributed by atoms with Crippen LogP contribution in [0.1, 0.15) is 51.1 Å². The largest absolute Gasteiger partial charge is 0.333 e. The number of hydrogen-bond acceptors (Lipinski definition) is 2. The van der Waals surface area contributed by atoms with Gasteiger partial charge >= 0.3 is 6.03 Å². The highest BCUT2D eigenvalue weighted by Crippen LogP contribution is 2.55. The van der Waals surface area contributed by atoms with Crippen molar-refractivity contribution in [3.8, 4) is 0 Å². The van der Waals surface area contributed by atoms with Crippen LogP contribution in [0, 0.1) is 17.8 Å². The summed E-state index contributed by atoms with van der Waals surface area (Å²) in [5.41, 5.74) is 1.18. The van der Waals surface area contributed by atoms with Gasteiger partial charge in [0, 0.05) is 25.3 Å². The molecule has 5 heteroatoms. The van der Waals surface area contributed by atoms with E-state index in [1.165, 1.54) is 38.5 Å². The molecule has 126 valence electrons. The zero-order valence-corrected chi connectivity index (χ0v) is 14.3. The van der Waals surface area contributed by atoms with Gasteiger partial charge in [-0.2, -0.15) is 5.10 Å². The van der Waals surface area contributed by atoms with Crippen molar-refractivity contribution < 1.29 is 4.79 Å². The highest BCUT2D eigenvalue weighted by atomic mass is 16.2. The molecule has 0 radical (unpaired) electrons. The lowest BCUT2D eigenvalue weighted by atomic mass is 9.53. The maximum Gasteiger partial charge on any atom is 0.317 e. The van der Waals surface area contributed by atoms with Gasteiger partial charge < -0.3 is 10.2 Å².